The molecule has 132 valence electrons. The average molecular weight is 354 g/mol. The van der Waals surface area contributed by atoms with Crippen LogP contribution in [0.15, 0.2) is 60.7 Å². The van der Waals surface area contributed by atoms with Gasteiger partial charge in [-0.1, -0.05) is 81.4 Å². The number of hydrogen-bond acceptors (Lipinski definition) is 3. The van der Waals surface area contributed by atoms with E-state index in [0.717, 1.165) is 29.8 Å². The number of benzene rings is 2. The van der Waals surface area contributed by atoms with E-state index in [1.807, 2.05) is 36.4 Å². The van der Waals surface area contributed by atoms with Crippen molar-refractivity contribution in [1.29, 1.82) is 0 Å². The molecule has 0 aliphatic carbocycles. The van der Waals surface area contributed by atoms with E-state index in [1.54, 1.807) is 0 Å². The highest BCUT2D eigenvalue weighted by molar-refractivity contribution is 7.00. The van der Waals surface area contributed by atoms with Crippen LogP contribution in [0.4, 0.5) is 0 Å². The Kier molecular flexibility index (Phi) is 5.11. The summed E-state index contributed by atoms with van der Waals surface area (Å²) in [5.41, 5.74) is 0. The molecule has 4 heteroatoms. The third-order valence-electron chi connectivity index (χ3n) is 5.02. The van der Waals surface area contributed by atoms with Crippen molar-refractivity contribution in [2.24, 2.45) is 0 Å². The minimum absolute atomic E-state index is 0.105. The van der Waals surface area contributed by atoms with E-state index in [1.165, 1.54) is 0 Å². The molecule has 3 rings (SSSR count). The zero-order chi connectivity index (χ0) is 17.9. The molecule has 0 radical (unpaired) electrons. The van der Waals surface area contributed by atoms with Gasteiger partial charge >= 0.3 is 14.3 Å². The summed E-state index contributed by atoms with van der Waals surface area (Å²) in [5.74, 6) is -0.105. The van der Waals surface area contributed by atoms with Crippen molar-refractivity contribution in [2.75, 3.05) is 6.54 Å². The molecule has 3 nitrogen and oxygen atoms in total. The Labute approximate surface area is 151 Å². The van der Waals surface area contributed by atoms with Gasteiger partial charge in [-0.15, -0.1) is 0 Å². The molecule has 0 bridgehead atoms. The van der Waals surface area contributed by atoms with E-state index in [2.05, 4.69) is 50.4 Å². The summed E-state index contributed by atoms with van der Waals surface area (Å²) in [4.78, 5) is 13.0. The zero-order valence-electron chi connectivity index (χ0n) is 15.3. The number of nitrogens with one attached hydrogen (secondary N) is 1. The van der Waals surface area contributed by atoms with Crippen LogP contribution in [0.25, 0.3) is 0 Å². The van der Waals surface area contributed by atoms with E-state index in [0.29, 0.717) is 0 Å². The number of carbonyl (C=O) groups excluding carboxylic acids is 1. The predicted molar refractivity (Wildman–Crippen MR) is 105 cm³/mol. The minimum Gasteiger partial charge on any atom is -0.508 e. The van der Waals surface area contributed by atoms with Gasteiger partial charge in [0.25, 0.3) is 0 Å². The van der Waals surface area contributed by atoms with E-state index >= 15 is 0 Å². The second kappa shape index (κ2) is 7.14. The highest BCUT2D eigenvalue weighted by Crippen LogP contribution is 2.37. The molecule has 25 heavy (non-hydrogen) atoms. The Bertz CT molecular complexity index is 664. The fourth-order valence-corrected chi connectivity index (χ4v) is 8.13. The van der Waals surface area contributed by atoms with Crippen molar-refractivity contribution < 1.29 is 9.22 Å². The number of rotatable bonds is 4. The van der Waals surface area contributed by atoms with Crippen LogP contribution in [0.5, 0.6) is 0 Å². The van der Waals surface area contributed by atoms with Crippen LogP contribution < -0.4 is 15.7 Å². The van der Waals surface area contributed by atoms with Crippen LogP contribution in [0.2, 0.25) is 5.04 Å². The van der Waals surface area contributed by atoms with Crippen molar-refractivity contribution in [2.45, 2.75) is 44.7 Å². The van der Waals surface area contributed by atoms with Crippen LogP contribution in [0.1, 0.15) is 33.6 Å². The van der Waals surface area contributed by atoms with E-state index in [4.69, 9.17) is 4.43 Å². The molecule has 1 N–H and O–H groups in total. The van der Waals surface area contributed by atoms with Gasteiger partial charge in [0.1, 0.15) is 6.04 Å². The summed E-state index contributed by atoms with van der Waals surface area (Å²) in [6, 6.07) is 20.4. The zero-order valence-corrected chi connectivity index (χ0v) is 16.3. The molecule has 1 saturated heterocycles. The first-order chi connectivity index (χ1) is 11.9. The number of hydrogen-bond donors (Lipinski definition) is 1. The molecule has 0 saturated carbocycles. The van der Waals surface area contributed by atoms with E-state index in [-0.39, 0.29) is 17.0 Å². The molecule has 0 amide bonds. The van der Waals surface area contributed by atoms with Crippen LogP contribution in [-0.2, 0) is 9.22 Å². The molecule has 1 aliphatic heterocycles. The van der Waals surface area contributed by atoms with Crippen molar-refractivity contribution >= 4 is 24.7 Å². The van der Waals surface area contributed by atoms with Crippen molar-refractivity contribution in [3.8, 4) is 0 Å². The standard InChI is InChI=1S/C21H27NO2Si/c1-21(2,3)25(17-11-6-4-7-12-17,18-13-8-5-9-14-18)24-20(23)19-15-10-16-22-19/h4-9,11-14,19,22H,10,15-16H2,1-3H3. The van der Waals surface area contributed by atoms with Crippen molar-refractivity contribution in [1.82, 2.24) is 5.32 Å². The molecule has 0 aromatic heterocycles. The average Bonchev–Trinajstić information content (AvgIpc) is 3.15. The molecule has 2 aromatic carbocycles. The van der Waals surface area contributed by atoms with Gasteiger partial charge in [0, 0.05) is 0 Å². The van der Waals surface area contributed by atoms with Crippen molar-refractivity contribution in [3.05, 3.63) is 60.7 Å². The Balaban J connectivity index is 2.13. The third-order valence-corrected chi connectivity index (χ3v) is 9.93. The first-order valence-electron chi connectivity index (χ1n) is 9.02. The lowest BCUT2D eigenvalue weighted by molar-refractivity contribution is -0.137. The van der Waals surface area contributed by atoms with Gasteiger partial charge in [0.2, 0.25) is 0 Å². The minimum atomic E-state index is -2.77. The Morgan fingerprint density at radius 2 is 1.52 bits per heavy atom. The maximum atomic E-state index is 13.0. The van der Waals surface area contributed by atoms with Crippen molar-refractivity contribution in [3.63, 3.8) is 0 Å². The molecule has 1 fully saturated rings. The molecule has 1 atom stereocenters. The SMILES string of the molecule is CC(C)(C)[Si](OC(=O)C1CCCN1)(c1ccccc1)c1ccccc1. The van der Waals surface area contributed by atoms with Gasteiger partial charge in [-0.2, -0.15) is 0 Å². The molecular formula is C21H27NO2Si. The smallest absolute Gasteiger partial charge is 0.323 e. The first kappa shape index (κ1) is 17.9. The predicted octanol–water partition coefficient (Wildman–Crippen LogP) is 2.84. The normalized spacial score (nSPS) is 18.1. The molecule has 0 spiro atoms. The lowest BCUT2D eigenvalue weighted by atomic mass is 10.2. The Hall–Kier alpha value is -1.91. The molecule has 2 aromatic rings. The van der Waals surface area contributed by atoms with E-state index in [9.17, 15) is 4.79 Å². The quantitative estimate of drug-likeness (QED) is 0.859. The number of carbonyl (C=O) groups is 1. The van der Waals surface area contributed by atoms with Crippen LogP contribution in [0, 0.1) is 0 Å². The van der Waals surface area contributed by atoms with Crippen LogP contribution >= 0.6 is 0 Å². The molecule has 1 unspecified atom stereocenters. The van der Waals surface area contributed by atoms with Gasteiger partial charge in [-0.3, -0.25) is 4.79 Å². The van der Waals surface area contributed by atoms with Gasteiger partial charge in [0.15, 0.2) is 0 Å². The summed E-state index contributed by atoms with van der Waals surface area (Å²) in [7, 11) is -2.77. The fourth-order valence-electron chi connectivity index (χ4n) is 3.76. The Morgan fingerprint density at radius 3 is 1.92 bits per heavy atom. The second-order valence-electron chi connectivity index (χ2n) is 7.73. The monoisotopic (exact) mass is 353 g/mol. The largest absolute Gasteiger partial charge is 0.508 e. The molecular weight excluding hydrogens is 326 g/mol. The summed E-state index contributed by atoms with van der Waals surface area (Å²) in [6.07, 6.45) is 1.89. The van der Waals surface area contributed by atoms with Gasteiger partial charge in [0.05, 0.1) is 0 Å². The lowest BCUT2D eigenvalue weighted by Crippen LogP contribution is -2.68. The Morgan fingerprint density at radius 1 is 1.00 bits per heavy atom. The summed E-state index contributed by atoms with van der Waals surface area (Å²) >= 11 is 0. The maximum Gasteiger partial charge on any atom is 0.323 e. The van der Waals surface area contributed by atoms with Crippen LogP contribution in [-0.4, -0.2) is 26.9 Å². The maximum absolute atomic E-state index is 13.0. The topological polar surface area (TPSA) is 38.3 Å². The summed E-state index contributed by atoms with van der Waals surface area (Å²) < 4.78 is 6.50. The molecule has 1 aliphatic rings. The molecule has 1 heterocycles. The lowest BCUT2D eigenvalue weighted by Gasteiger charge is -2.42. The van der Waals surface area contributed by atoms with Gasteiger partial charge in [-0.05, 0) is 34.8 Å². The highest BCUT2D eigenvalue weighted by Gasteiger charge is 2.53. The van der Waals surface area contributed by atoms with Gasteiger partial charge < -0.3 is 9.74 Å². The fraction of sp³-hybridized carbons (Fsp3) is 0.381. The first-order valence-corrected chi connectivity index (χ1v) is 10.9. The summed E-state index contributed by atoms with van der Waals surface area (Å²) in [5, 5.41) is 5.38. The second-order valence-corrected chi connectivity index (χ2v) is 12.0. The third kappa shape index (κ3) is 3.41. The summed E-state index contributed by atoms with van der Waals surface area (Å²) in [6.45, 7) is 7.46. The van der Waals surface area contributed by atoms with E-state index < -0.39 is 8.32 Å². The van der Waals surface area contributed by atoms with Gasteiger partial charge in [-0.25, -0.2) is 0 Å². The highest BCUT2D eigenvalue weighted by atomic mass is 28.4. The van der Waals surface area contributed by atoms with Crippen LogP contribution in [0.3, 0.4) is 0 Å².